The van der Waals surface area contributed by atoms with E-state index in [1.54, 1.807) is 0 Å². The smallest absolute Gasteiger partial charge is 0.0328 e. The van der Waals surface area contributed by atoms with Crippen LogP contribution in [0.1, 0.15) is 5.56 Å². The molecule has 0 bridgehead atoms. The van der Waals surface area contributed by atoms with Crippen LogP contribution in [0.15, 0.2) is 36.4 Å². The molecular weight excluding hydrogens is 144 g/mol. The fourth-order valence-corrected chi connectivity index (χ4v) is 1.20. The summed E-state index contributed by atoms with van der Waals surface area (Å²) in [5.41, 5.74) is 0.814. The van der Waals surface area contributed by atoms with Crippen molar-refractivity contribution in [2.24, 2.45) is 0 Å². The molecule has 2 aromatic carbocycles. The van der Waals surface area contributed by atoms with Crippen molar-refractivity contribution < 1.29 is 0 Å². The maximum atomic E-state index is 5.26. The van der Waals surface area contributed by atoms with Gasteiger partial charge < -0.3 is 0 Å². The van der Waals surface area contributed by atoms with Crippen LogP contribution < -0.4 is 0 Å². The Morgan fingerprint density at radius 2 is 1.92 bits per heavy atom. The number of fused-ring (bicyclic) bond motifs is 1. The van der Waals surface area contributed by atoms with Gasteiger partial charge in [-0.05, 0) is 16.8 Å². The third-order valence-electron chi connectivity index (χ3n) is 1.82. The van der Waals surface area contributed by atoms with Crippen molar-refractivity contribution in [3.05, 3.63) is 48.0 Å². The lowest BCUT2D eigenvalue weighted by Crippen LogP contribution is -1.75. The highest BCUT2D eigenvalue weighted by molar-refractivity contribution is 5.82. The quantitative estimate of drug-likeness (QED) is 0.508. The zero-order valence-corrected chi connectivity index (χ0v) is 6.54. The zero-order chi connectivity index (χ0) is 8.39. The highest BCUT2D eigenvalue weighted by Crippen LogP contribution is 2.13. The van der Waals surface area contributed by atoms with Gasteiger partial charge in [0, 0.05) is 11.6 Å². The normalized spacial score (nSPS) is 9.58. The molecular formula is C12H7. The molecule has 0 saturated carbocycles. The summed E-state index contributed by atoms with van der Waals surface area (Å²) in [5.74, 6) is 2.56. The zero-order valence-electron chi connectivity index (χ0n) is 6.54. The molecule has 0 aliphatic carbocycles. The Balaban J connectivity index is 2.78. The molecule has 0 nitrogen and oxygen atoms in total. The third-order valence-corrected chi connectivity index (χ3v) is 1.82. The van der Waals surface area contributed by atoms with E-state index in [0.29, 0.717) is 0 Å². The third kappa shape index (κ3) is 1.06. The summed E-state index contributed by atoms with van der Waals surface area (Å²) in [5, 5.41) is 2.25. The molecule has 2 rings (SSSR count). The minimum atomic E-state index is 0.814. The van der Waals surface area contributed by atoms with Gasteiger partial charge >= 0.3 is 0 Å². The predicted octanol–water partition coefficient (Wildman–Crippen LogP) is 2.62. The Morgan fingerprint density at radius 3 is 2.75 bits per heavy atom. The van der Waals surface area contributed by atoms with Crippen LogP contribution in [-0.4, -0.2) is 0 Å². The fourth-order valence-electron chi connectivity index (χ4n) is 1.20. The summed E-state index contributed by atoms with van der Waals surface area (Å²) in [6.07, 6.45) is 5.26. The number of terminal acetylenes is 1. The van der Waals surface area contributed by atoms with Crippen LogP contribution in [0, 0.1) is 18.4 Å². The number of hydrogen-bond acceptors (Lipinski definition) is 0. The van der Waals surface area contributed by atoms with Gasteiger partial charge in [-0.1, -0.05) is 36.3 Å². The number of hydrogen-bond donors (Lipinski definition) is 0. The lowest BCUT2D eigenvalue weighted by molar-refractivity contribution is 1.68. The van der Waals surface area contributed by atoms with Crippen molar-refractivity contribution in [3.63, 3.8) is 0 Å². The first-order valence-corrected chi connectivity index (χ1v) is 3.78. The van der Waals surface area contributed by atoms with Gasteiger partial charge in [0.15, 0.2) is 0 Å². The van der Waals surface area contributed by atoms with Crippen molar-refractivity contribution in [3.8, 4) is 12.3 Å². The highest BCUT2D eigenvalue weighted by atomic mass is 13.9. The number of rotatable bonds is 0. The maximum Gasteiger partial charge on any atom is 0.0328 e. The van der Waals surface area contributed by atoms with Gasteiger partial charge in [0.25, 0.3) is 0 Å². The van der Waals surface area contributed by atoms with Gasteiger partial charge in [-0.25, -0.2) is 0 Å². The second-order valence-electron chi connectivity index (χ2n) is 2.60. The van der Waals surface area contributed by atoms with E-state index in [-0.39, 0.29) is 0 Å². The van der Waals surface area contributed by atoms with Gasteiger partial charge in [0.1, 0.15) is 0 Å². The molecule has 12 heavy (non-hydrogen) atoms. The molecule has 0 N–H and O–H groups in total. The Bertz CT molecular complexity index is 447. The molecule has 0 heteroatoms. The van der Waals surface area contributed by atoms with Crippen LogP contribution in [0.2, 0.25) is 0 Å². The SMILES string of the molecule is C#Cc1[c]c2ccccc2cc1. The maximum absolute atomic E-state index is 5.26. The van der Waals surface area contributed by atoms with Gasteiger partial charge in [0.05, 0.1) is 0 Å². The fraction of sp³-hybridized carbons (Fsp3) is 0. The summed E-state index contributed by atoms with van der Waals surface area (Å²) in [6, 6.07) is 15.1. The van der Waals surface area contributed by atoms with Crippen LogP contribution >= 0.6 is 0 Å². The second kappa shape index (κ2) is 2.71. The molecule has 0 atom stereocenters. The summed E-state index contributed by atoms with van der Waals surface area (Å²) >= 11 is 0. The molecule has 0 saturated heterocycles. The van der Waals surface area contributed by atoms with E-state index in [1.165, 1.54) is 5.39 Å². The van der Waals surface area contributed by atoms with Crippen molar-refractivity contribution in [2.45, 2.75) is 0 Å². The minimum Gasteiger partial charge on any atom is -0.115 e. The van der Waals surface area contributed by atoms with Crippen molar-refractivity contribution in [1.29, 1.82) is 0 Å². The summed E-state index contributed by atoms with van der Waals surface area (Å²) < 4.78 is 0. The van der Waals surface area contributed by atoms with Crippen LogP contribution in [-0.2, 0) is 0 Å². The molecule has 0 aromatic heterocycles. The van der Waals surface area contributed by atoms with E-state index in [4.69, 9.17) is 6.42 Å². The first-order valence-electron chi connectivity index (χ1n) is 3.78. The van der Waals surface area contributed by atoms with Gasteiger partial charge in [0.2, 0.25) is 0 Å². The summed E-state index contributed by atoms with van der Waals surface area (Å²) in [4.78, 5) is 0. The van der Waals surface area contributed by atoms with Crippen molar-refractivity contribution in [1.82, 2.24) is 0 Å². The molecule has 55 valence electrons. The highest BCUT2D eigenvalue weighted by Gasteiger charge is 1.92. The van der Waals surface area contributed by atoms with E-state index in [2.05, 4.69) is 12.0 Å². The topological polar surface area (TPSA) is 0 Å². The molecule has 0 amide bonds. The van der Waals surface area contributed by atoms with Crippen LogP contribution in [0.4, 0.5) is 0 Å². The summed E-state index contributed by atoms with van der Waals surface area (Å²) in [7, 11) is 0. The Labute approximate surface area is 71.8 Å². The average molecular weight is 151 g/mol. The van der Waals surface area contributed by atoms with Crippen molar-refractivity contribution in [2.75, 3.05) is 0 Å². The van der Waals surface area contributed by atoms with E-state index in [9.17, 15) is 0 Å². The predicted molar refractivity (Wildman–Crippen MR) is 50.7 cm³/mol. The monoisotopic (exact) mass is 151 g/mol. The van der Waals surface area contributed by atoms with E-state index in [0.717, 1.165) is 10.9 Å². The van der Waals surface area contributed by atoms with Crippen LogP contribution in [0.3, 0.4) is 0 Å². The van der Waals surface area contributed by atoms with Gasteiger partial charge in [-0.2, -0.15) is 0 Å². The van der Waals surface area contributed by atoms with E-state index >= 15 is 0 Å². The largest absolute Gasteiger partial charge is 0.115 e. The average Bonchev–Trinajstić information content (AvgIpc) is 2.17. The molecule has 0 heterocycles. The molecule has 0 aliphatic heterocycles. The molecule has 0 aliphatic rings. The molecule has 0 fully saturated rings. The van der Waals surface area contributed by atoms with Gasteiger partial charge in [-0.3, -0.25) is 0 Å². The minimum absolute atomic E-state index is 0.814. The second-order valence-corrected chi connectivity index (χ2v) is 2.60. The Hall–Kier alpha value is -1.74. The lowest BCUT2D eigenvalue weighted by atomic mass is 10.1. The van der Waals surface area contributed by atoms with Crippen LogP contribution in [0.25, 0.3) is 10.8 Å². The van der Waals surface area contributed by atoms with Gasteiger partial charge in [-0.15, -0.1) is 6.42 Å². The molecule has 2 aromatic rings. The Morgan fingerprint density at radius 1 is 1.08 bits per heavy atom. The molecule has 1 radical (unpaired) electrons. The van der Waals surface area contributed by atoms with E-state index < -0.39 is 0 Å². The Kier molecular flexibility index (Phi) is 1.57. The number of benzene rings is 2. The molecule has 0 spiro atoms. The lowest BCUT2D eigenvalue weighted by Gasteiger charge is -1.95. The first kappa shape index (κ1) is 6.94. The summed E-state index contributed by atoms with van der Waals surface area (Å²) in [6.45, 7) is 0. The standard InChI is InChI=1S/C12H7/c1-2-10-7-8-11-5-3-4-6-12(11)9-10/h1,3-8H. The first-order chi connectivity index (χ1) is 5.90. The molecule has 0 unspecified atom stereocenters. The van der Waals surface area contributed by atoms with Crippen LogP contribution in [0.5, 0.6) is 0 Å². The van der Waals surface area contributed by atoms with Crippen molar-refractivity contribution >= 4 is 10.8 Å². The van der Waals surface area contributed by atoms with E-state index in [1.807, 2.05) is 36.4 Å².